The zero-order valence-electron chi connectivity index (χ0n) is 20.9. The Morgan fingerprint density at radius 3 is 2.35 bits per heavy atom. The second-order valence-electron chi connectivity index (χ2n) is 9.55. The molecule has 2 saturated heterocycles. The lowest BCUT2D eigenvalue weighted by molar-refractivity contribution is -0.154. The van der Waals surface area contributed by atoms with Crippen LogP contribution in [0.5, 0.6) is 0 Å². The standard InChI is InChI=1S/C29H28N2O5S/c1-4-31-26(33)23-24(27(31)34)29(28(35)36-3,15-18-8-6-5-7-9-18)30-25(23)20-12-10-19(11-13-20)22-14-21(16-37-22)17(2)32/h5-14,16,23-25,30H,4,15H2,1-3H3/t23?,24?,25?,29-/m1/s1. The van der Waals surface area contributed by atoms with Gasteiger partial charge in [-0.2, -0.15) is 0 Å². The molecule has 2 aliphatic heterocycles. The number of Topliss-reactive ketones (excluding diaryl/α,β-unsaturated/α-hetero) is 1. The zero-order valence-corrected chi connectivity index (χ0v) is 21.7. The monoisotopic (exact) mass is 516 g/mol. The highest BCUT2D eigenvalue weighted by molar-refractivity contribution is 7.13. The number of nitrogens with one attached hydrogen (secondary N) is 1. The first-order valence-corrected chi connectivity index (χ1v) is 13.1. The highest BCUT2D eigenvalue weighted by atomic mass is 32.1. The first kappa shape index (κ1) is 25.0. The number of methoxy groups -OCH3 is 1. The van der Waals surface area contributed by atoms with Gasteiger partial charge in [0.2, 0.25) is 11.8 Å². The number of rotatable bonds is 7. The van der Waals surface area contributed by atoms with Crippen LogP contribution in [0.2, 0.25) is 0 Å². The van der Waals surface area contributed by atoms with E-state index < -0.39 is 29.4 Å². The van der Waals surface area contributed by atoms with Crippen LogP contribution < -0.4 is 5.32 Å². The fourth-order valence-corrected chi connectivity index (χ4v) is 6.67. The summed E-state index contributed by atoms with van der Waals surface area (Å²) < 4.78 is 5.24. The average Bonchev–Trinajstić information content (AvgIpc) is 3.59. The summed E-state index contributed by atoms with van der Waals surface area (Å²) in [6.07, 6.45) is 0.218. The van der Waals surface area contributed by atoms with E-state index >= 15 is 0 Å². The molecular formula is C29H28N2O5S. The maximum absolute atomic E-state index is 13.6. The Morgan fingerprint density at radius 2 is 1.76 bits per heavy atom. The number of imide groups is 1. The quantitative estimate of drug-likeness (QED) is 0.290. The van der Waals surface area contributed by atoms with Crippen LogP contribution in [0.3, 0.4) is 0 Å². The molecule has 0 aliphatic carbocycles. The van der Waals surface area contributed by atoms with Gasteiger partial charge in [-0.05, 0) is 36.6 Å². The Hall–Kier alpha value is -3.62. The second-order valence-corrected chi connectivity index (χ2v) is 10.5. The van der Waals surface area contributed by atoms with Crippen molar-refractivity contribution < 1.29 is 23.9 Å². The summed E-state index contributed by atoms with van der Waals surface area (Å²) >= 11 is 1.49. The summed E-state index contributed by atoms with van der Waals surface area (Å²) in [5.41, 5.74) is 1.90. The molecular weight excluding hydrogens is 488 g/mol. The number of hydrogen-bond donors (Lipinski definition) is 1. The molecule has 0 spiro atoms. The van der Waals surface area contributed by atoms with Crippen LogP contribution in [-0.2, 0) is 25.5 Å². The van der Waals surface area contributed by atoms with E-state index in [9.17, 15) is 19.2 Å². The topological polar surface area (TPSA) is 92.8 Å². The summed E-state index contributed by atoms with van der Waals surface area (Å²) in [4.78, 5) is 54.4. The third kappa shape index (κ3) is 4.10. The van der Waals surface area contributed by atoms with Crippen molar-refractivity contribution in [3.8, 4) is 10.4 Å². The number of fused-ring (bicyclic) bond motifs is 1. The first-order valence-electron chi connectivity index (χ1n) is 12.3. The van der Waals surface area contributed by atoms with Gasteiger partial charge in [0, 0.05) is 34.8 Å². The zero-order chi connectivity index (χ0) is 26.3. The maximum atomic E-state index is 13.6. The Bertz CT molecular complexity index is 1370. The van der Waals surface area contributed by atoms with E-state index in [1.807, 2.05) is 66.0 Å². The van der Waals surface area contributed by atoms with Crippen molar-refractivity contribution in [2.75, 3.05) is 13.7 Å². The number of ketones is 1. The lowest BCUT2D eigenvalue weighted by atomic mass is 9.76. The summed E-state index contributed by atoms with van der Waals surface area (Å²) in [6.45, 7) is 3.55. The van der Waals surface area contributed by atoms with Gasteiger partial charge in [-0.15, -0.1) is 11.3 Å². The highest BCUT2D eigenvalue weighted by Crippen LogP contribution is 2.50. The molecule has 1 N–H and O–H groups in total. The summed E-state index contributed by atoms with van der Waals surface area (Å²) in [5.74, 6) is -2.77. The molecule has 0 radical (unpaired) electrons. The van der Waals surface area contributed by atoms with Crippen molar-refractivity contribution in [1.82, 2.24) is 10.2 Å². The van der Waals surface area contributed by atoms with Gasteiger partial charge in [-0.1, -0.05) is 54.6 Å². The normalized spacial score (nSPS) is 24.8. The lowest BCUT2D eigenvalue weighted by Gasteiger charge is -2.32. The van der Waals surface area contributed by atoms with Crippen LogP contribution in [-0.4, -0.2) is 47.7 Å². The molecule has 3 aromatic rings. The molecule has 2 amide bonds. The summed E-state index contributed by atoms with van der Waals surface area (Å²) in [6, 6.07) is 18.5. The number of nitrogens with zero attached hydrogens (tertiary/aromatic N) is 1. The predicted molar refractivity (Wildman–Crippen MR) is 140 cm³/mol. The summed E-state index contributed by atoms with van der Waals surface area (Å²) in [7, 11) is 1.31. The van der Waals surface area contributed by atoms with Crippen LogP contribution in [0, 0.1) is 11.8 Å². The van der Waals surface area contributed by atoms with E-state index in [1.165, 1.54) is 23.3 Å². The van der Waals surface area contributed by atoms with E-state index in [2.05, 4.69) is 5.32 Å². The molecule has 2 aliphatic rings. The highest BCUT2D eigenvalue weighted by Gasteiger charge is 2.68. The maximum Gasteiger partial charge on any atom is 0.327 e. The van der Waals surface area contributed by atoms with Crippen molar-refractivity contribution in [2.45, 2.75) is 31.8 Å². The number of hydrogen-bond acceptors (Lipinski definition) is 7. The molecule has 2 aromatic carbocycles. The Balaban J connectivity index is 1.56. The SMILES string of the molecule is CCN1C(=O)C2C(c3ccc(-c4cc(C(C)=O)cs4)cc3)N[C@@](Cc3ccccc3)(C(=O)OC)C2C1=O. The van der Waals surface area contributed by atoms with E-state index in [-0.39, 0.29) is 30.6 Å². The van der Waals surface area contributed by atoms with E-state index in [0.29, 0.717) is 5.56 Å². The molecule has 7 nitrogen and oxygen atoms in total. The minimum absolute atomic E-state index is 0.0165. The molecule has 0 bridgehead atoms. The van der Waals surface area contributed by atoms with Gasteiger partial charge >= 0.3 is 5.97 Å². The average molecular weight is 517 g/mol. The van der Waals surface area contributed by atoms with Crippen molar-refractivity contribution in [2.24, 2.45) is 11.8 Å². The molecule has 2 fully saturated rings. The molecule has 37 heavy (non-hydrogen) atoms. The number of carbonyl (C=O) groups is 4. The summed E-state index contributed by atoms with van der Waals surface area (Å²) in [5, 5.41) is 5.26. The van der Waals surface area contributed by atoms with Crippen LogP contribution in [0.15, 0.2) is 66.0 Å². The minimum atomic E-state index is -1.38. The van der Waals surface area contributed by atoms with Gasteiger partial charge < -0.3 is 4.74 Å². The first-order chi connectivity index (χ1) is 17.8. The Kier molecular flexibility index (Phi) is 6.56. The van der Waals surface area contributed by atoms with Gasteiger partial charge in [0.15, 0.2) is 5.78 Å². The fraction of sp³-hybridized carbons (Fsp3) is 0.310. The molecule has 8 heteroatoms. The lowest BCUT2D eigenvalue weighted by Crippen LogP contribution is -2.57. The Morgan fingerprint density at radius 1 is 1.05 bits per heavy atom. The smallest absolute Gasteiger partial charge is 0.327 e. The predicted octanol–water partition coefficient (Wildman–Crippen LogP) is 4.04. The Labute approximate surface area is 219 Å². The van der Waals surface area contributed by atoms with Crippen LogP contribution >= 0.6 is 11.3 Å². The number of amides is 2. The van der Waals surface area contributed by atoms with Gasteiger partial charge in [0.1, 0.15) is 5.54 Å². The number of thiophene rings is 1. The minimum Gasteiger partial charge on any atom is -0.468 e. The van der Waals surface area contributed by atoms with Crippen LogP contribution in [0.25, 0.3) is 10.4 Å². The van der Waals surface area contributed by atoms with E-state index in [4.69, 9.17) is 4.74 Å². The van der Waals surface area contributed by atoms with Gasteiger partial charge in [0.25, 0.3) is 0 Å². The van der Waals surface area contributed by atoms with Gasteiger partial charge in [0.05, 0.1) is 18.9 Å². The molecule has 1 aromatic heterocycles. The number of ether oxygens (including phenoxy) is 1. The molecule has 3 unspecified atom stereocenters. The van der Waals surface area contributed by atoms with Gasteiger partial charge in [-0.25, -0.2) is 0 Å². The number of esters is 1. The van der Waals surface area contributed by atoms with Crippen molar-refractivity contribution in [3.63, 3.8) is 0 Å². The van der Waals surface area contributed by atoms with Crippen molar-refractivity contribution >= 4 is 34.9 Å². The molecule has 4 atom stereocenters. The number of carbonyl (C=O) groups excluding carboxylic acids is 4. The van der Waals surface area contributed by atoms with Crippen LogP contribution in [0.1, 0.15) is 41.4 Å². The number of benzene rings is 2. The van der Waals surface area contributed by atoms with Crippen molar-refractivity contribution in [1.29, 1.82) is 0 Å². The van der Waals surface area contributed by atoms with Crippen LogP contribution in [0.4, 0.5) is 0 Å². The fourth-order valence-electron chi connectivity index (χ4n) is 5.71. The molecule has 190 valence electrons. The van der Waals surface area contributed by atoms with Gasteiger partial charge in [-0.3, -0.25) is 29.4 Å². The van der Waals surface area contributed by atoms with Crippen molar-refractivity contribution in [3.05, 3.63) is 82.7 Å². The third-order valence-electron chi connectivity index (χ3n) is 7.50. The molecule has 0 saturated carbocycles. The van der Waals surface area contributed by atoms with E-state index in [1.54, 1.807) is 13.8 Å². The molecule has 5 rings (SSSR count). The molecule has 3 heterocycles. The third-order valence-corrected chi connectivity index (χ3v) is 8.48. The number of likely N-dealkylation sites (tertiary alicyclic amines) is 1. The van der Waals surface area contributed by atoms with E-state index in [0.717, 1.165) is 21.6 Å². The largest absolute Gasteiger partial charge is 0.468 e. The second kappa shape index (κ2) is 9.68.